The third-order valence-electron chi connectivity index (χ3n) is 3.63. The molecule has 2 aromatic rings. The summed E-state index contributed by atoms with van der Waals surface area (Å²) in [7, 11) is -3.56. The first-order valence-corrected chi connectivity index (χ1v) is 9.18. The molecule has 0 aliphatic carbocycles. The van der Waals surface area contributed by atoms with Crippen LogP contribution in [-0.4, -0.2) is 27.0 Å². The maximum absolute atomic E-state index is 12.2. The molecule has 126 valence electrons. The van der Waals surface area contributed by atoms with Crippen molar-refractivity contribution in [2.75, 3.05) is 11.9 Å². The highest BCUT2D eigenvalue weighted by Gasteiger charge is 2.28. The van der Waals surface area contributed by atoms with Gasteiger partial charge in [-0.2, -0.15) is 0 Å². The smallest absolute Gasteiger partial charge is 0.266 e. The fourth-order valence-corrected chi connectivity index (χ4v) is 3.63. The maximum Gasteiger partial charge on any atom is 0.266 e. The normalized spacial score (nSPS) is 16.9. The van der Waals surface area contributed by atoms with Crippen molar-refractivity contribution in [2.24, 2.45) is 0 Å². The highest BCUT2D eigenvalue weighted by atomic mass is 32.2. The molecular formula is C17H18N2O4S. The summed E-state index contributed by atoms with van der Waals surface area (Å²) < 4.78 is 32.4. The number of ether oxygens (including phenoxy) is 1. The number of benzene rings is 2. The second kappa shape index (κ2) is 6.62. The average molecular weight is 346 g/mol. The van der Waals surface area contributed by atoms with Crippen LogP contribution >= 0.6 is 0 Å². The van der Waals surface area contributed by atoms with E-state index in [-0.39, 0.29) is 18.2 Å². The van der Waals surface area contributed by atoms with Gasteiger partial charge in [-0.15, -0.1) is 0 Å². The summed E-state index contributed by atoms with van der Waals surface area (Å²) in [4.78, 5) is 12.0. The van der Waals surface area contributed by atoms with Crippen molar-refractivity contribution in [2.45, 2.75) is 18.8 Å². The number of anilines is 1. The lowest BCUT2D eigenvalue weighted by molar-refractivity contribution is -0.123. The molecule has 0 saturated carbocycles. The first-order valence-electron chi connectivity index (χ1n) is 7.52. The van der Waals surface area contributed by atoms with Crippen LogP contribution in [0.3, 0.4) is 0 Å². The molecule has 1 amide bonds. The van der Waals surface area contributed by atoms with Gasteiger partial charge in [0.05, 0.1) is 18.0 Å². The Kier molecular flexibility index (Phi) is 4.55. The zero-order valence-electron chi connectivity index (χ0n) is 13.2. The molecule has 1 aliphatic rings. The van der Waals surface area contributed by atoms with Gasteiger partial charge >= 0.3 is 0 Å². The largest absolute Gasteiger partial charge is 0.477 e. The van der Waals surface area contributed by atoms with Gasteiger partial charge in [0, 0.05) is 0 Å². The molecule has 24 heavy (non-hydrogen) atoms. The van der Waals surface area contributed by atoms with Crippen LogP contribution in [0.5, 0.6) is 5.75 Å². The quantitative estimate of drug-likeness (QED) is 0.865. The van der Waals surface area contributed by atoms with Gasteiger partial charge in [-0.1, -0.05) is 42.0 Å². The molecule has 3 rings (SSSR count). The fraction of sp³-hybridized carbons (Fsp3) is 0.235. The second-order valence-corrected chi connectivity index (χ2v) is 7.50. The van der Waals surface area contributed by atoms with E-state index >= 15 is 0 Å². The number of fused-ring (bicyclic) bond motifs is 1. The molecular weight excluding hydrogens is 328 g/mol. The van der Waals surface area contributed by atoms with Crippen molar-refractivity contribution in [1.82, 2.24) is 4.72 Å². The van der Waals surface area contributed by atoms with Crippen LogP contribution in [0.4, 0.5) is 5.69 Å². The molecule has 0 radical (unpaired) electrons. The third-order valence-corrected chi connectivity index (χ3v) is 4.95. The summed E-state index contributed by atoms with van der Waals surface area (Å²) in [5.74, 6) is 0.0199. The van der Waals surface area contributed by atoms with E-state index in [0.717, 1.165) is 5.56 Å². The monoisotopic (exact) mass is 346 g/mol. The fourth-order valence-electron chi connectivity index (χ4n) is 2.50. The van der Waals surface area contributed by atoms with Crippen molar-refractivity contribution in [3.63, 3.8) is 0 Å². The Labute approximate surface area is 140 Å². The average Bonchev–Trinajstić information content (AvgIpc) is 2.52. The van der Waals surface area contributed by atoms with E-state index in [1.807, 2.05) is 25.1 Å². The van der Waals surface area contributed by atoms with E-state index in [9.17, 15) is 13.2 Å². The molecule has 1 atom stereocenters. The zero-order chi connectivity index (χ0) is 17.2. The van der Waals surface area contributed by atoms with Gasteiger partial charge in [0.15, 0.2) is 6.10 Å². The summed E-state index contributed by atoms with van der Waals surface area (Å²) in [6, 6.07) is 14.3. The summed E-state index contributed by atoms with van der Waals surface area (Å²) in [5.41, 5.74) is 2.28. The number of hydrogen-bond acceptors (Lipinski definition) is 4. The van der Waals surface area contributed by atoms with E-state index < -0.39 is 16.1 Å². The maximum atomic E-state index is 12.2. The minimum absolute atomic E-state index is 0.117. The minimum atomic E-state index is -3.56. The molecule has 6 nitrogen and oxygen atoms in total. The van der Waals surface area contributed by atoms with Gasteiger partial charge in [0.2, 0.25) is 10.0 Å². The van der Waals surface area contributed by atoms with E-state index in [1.54, 1.807) is 30.3 Å². The Morgan fingerprint density at radius 1 is 1.17 bits per heavy atom. The Morgan fingerprint density at radius 2 is 1.96 bits per heavy atom. The van der Waals surface area contributed by atoms with Crippen LogP contribution in [0, 0.1) is 6.92 Å². The molecule has 1 unspecified atom stereocenters. The Hall–Kier alpha value is -2.38. The molecule has 0 saturated heterocycles. The second-order valence-electron chi connectivity index (χ2n) is 5.69. The summed E-state index contributed by atoms with van der Waals surface area (Å²) >= 11 is 0. The third kappa shape index (κ3) is 3.93. The first kappa shape index (κ1) is 16.5. The lowest BCUT2D eigenvalue weighted by Crippen LogP contribution is -2.45. The number of carbonyl (C=O) groups is 1. The predicted octanol–water partition coefficient (Wildman–Crippen LogP) is 1.81. The molecule has 2 N–H and O–H groups in total. The van der Waals surface area contributed by atoms with Crippen LogP contribution in [0.1, 0.15) is 11.1 Å². The molecule has 7 heteroatoms. The van der Waals surface area contributed by atoms with E-state index in [1.165, 1.54) is 0 Å². The topological polar surface area (TPSA) is 84.5 Å². The first-order chi connectivity index (χ1) is 11.4. The van der Waals surface area contributed by atoms with Crippen molar-refractivity contribution in [3.05, 3.63) is 59.7 Å². The van der Waals surface area contributed by atoms with E-state index in [2.05, 4.69) is 10.0 Å². The van der Waals surface area contributed by atoms with E-state index in [0.29, 0.717) is 17.0 Å². The van der Waals surface area contributed by atoms with Gasteiger partial charge in [-0.05, 0) is 24.6 Å². The number of nitrogens with one attached hydrogen (secondary N) is 2. The van der Waals surface area contributed by atoms with Crippen molar-refractivity contribution in [3.8, 4) is 5.75 Å². The summed E-state index contributed by atoms with van der Waals surface area (Å²) in [6.07, 6.45) is -0.896. The lowest BCUT2D eigenvalue weighted by atomic mass is 10.2. The molecule has 0 bridgehead atoms. The van der Waals surface area contributed by atoms with Gasteiger partial charge in [-0.25, -0.2) is 13.1 Å². The number of rotatable bonds is 5. The highest BCUT2D eigenvalue weighted by molar-refractivity contribution is 7.88. The van der Waals surface area contributed by atoms with Crippen molar-refractivity contribution < 1.29 is 17.9 Å². The molecule has 0 fully saturated rings. The number of aryl methyl sites for hydroxylation is 1. The van der Waals surface area contributed by atoms with Gasteiger partial charge < -0.3 is 10.1 Å². The number of hydrogen-bond donors (Lipinski definition) is 2. The van der Waals surface area contributed by atoms with Crippen LogP contribution in [0.2, 0.25) is 0 Å². The van der Waals surface area contributed by atoms with Crippen LogP contribution in [0.15, 0.2) is 48.5 Å². The zero-order valence-corrected chi connectivity index (χ0v) is 14.0. The lowest BCUT2D eigenvalue weighted by Gasteiger charge is -2.25. The Morgan fingerprint density at radius 3 is 2.75 bits per heavy atom. The molecule has 0 aromatic heterocycles. The molecule has 1 aliphatic heterocycles. The highest BCUT2D eigenvalue weighted by Crippen LogP contribution is 2.28. The number of amides is 1. The Bertz CT molecular complexity index is 864. The predicted molar refractivity (Wildman–Crippen MR) is 91.3 cm³/mol. The van der Waals surface area contributed by atoms with Crippen molar-refractivity contribution >= 4 is 21.6 Å². The van der Waals surface area contributed by atoms with Gasteiger partial charge in [0.25, 0.3) is 5.91 Å². The Balaban J connectivity index is 1.64. The number of carbonyl (C=O) groups excluding carboxylic acids is 1. The van der Waals surface area contributed by atoms with Gasteiger partial charge in [-0.3, -0.25) is 4.79 Å². The van der Waals surface area contributed by atoms with Crippen molar-refractivity contribution in [1.29, 1.82) is 0 Å². The van der Waals surface area contributed by atoms with Crippen LogP contribution < -0.4 is 14.8 Å². The van der Waals surface area contributed by atoms with Crippen LogP contribution in [0.25, 0.3) is 0 Å². The molecule has 2 aromatic carbocycles. The summed E-state index contributed by atoms with van der Waals surface area (Å²) in [6.45, 7) is 1.79. The number of sulfonamides is 1. The SMILES string of the molecule is Cc1cccc(CS(=O)(=O)NCC2Oc3ccccc3NC2=O)c1. The van der Waals surface area contributed by atoms with Gasteiger partial charge in [0.1, 0.15) is 5.75 Å². The van der Waals surface area contributed by atoms with E-state index in [4.69, 9.17) is 4.74 Å². The standard InChI is InChI=1S/C17H18N2O4S/c1-12-5-4-6-13(9-12)11-24(21,22)18-10-16-17(20)19-14-7-2-3-8-15(14)23-16/h2-9,16,18H,10-11H2,1H3,(H,19,20). The van der Waals surface area contributed by atoms with Crippen LogP contribution in [-0.2, 0) is 20.6 Å². The summed E-state index contributed by atoms with van der Waals surface area (Å²) in [5, 5.41) is 2.70. The number of para-hydroxylation sites is 2. The molecule has 0 spiro atoms. The minimum Gasteiger partial charge on any atom is -0.477 e. The molecule has 1 heterocycles.